The molecule has 2 heteroatoms. The molecule has 2 unspecified atom stereocenters. The van der Waals surface area contributed by atoms with Crippen molar-refractivity contribution < 1.29 is 5.11 Å². The summed E-state index contributed by atoms with van der Waals surface area (Å²) in [5.74, 6) is 0.170. The fourth-order valence-corrected chi connectivity index (χ4v) is 1.38. The molecule has 0 spiro atoms. The topological polar surface area (TPSA) is 44.0 Å². The van der Waals surface area contributed by atoms with Gasteiger partial charge in [-0.05, 0) is 26.2 Å². The molecule has 1 rings (SSSR count). The van der Waals surface area contributed by atoms with Gasteiger partial charge in [-0.1, -0.05) is 11.6 Å². The summed E-state index contributed by atoms with van der Waals surface area (Å²) in [6, 6.07) is 1.88. The molecular weight excluding hydrogens is 138 g/mol. The zero-order chi connectivity index (χ0) is 8.27. The summed E-state index contributed by atoms with van der Waals surface area (Å²) in [6.07, 6.45) is 4.20. The minimum Gasteiger partial charge on any atom is -0.378 e. The molecule has 0 aromatic rings. The molecule has 0 aromatic heterocycles. The first-order valence-corrected chi connectivity index (χ1v) is 3.97. The Bertz CT molecular complexity index is 202. The second-order valence-electron chi connectivity index (χ2n) is 3.16. The minimum atomic E-state index is -0.764. The van der Waals surface area contributed by atoms with Crippen LogP contribution in [0.15, 0.2) is 11.6 Å². The molecule has 0 aliphatic heterocycles. The Hall–Kier alpha value is -0.810. The highest BCUT2D eigenvalue weighted by molar-refractivity contribution is 5.06. The molecule has 2 atom stereocenters. The Morgan fingerprint density at radius 1 is 1.82 bits per heavy atom. The van der Waals surface area contributed by atoms with E-state index in [4.69, 9.17) is 5.26 Å². The average molecular weight is 151 g/mol. The van der Waals surface area contributed by atoms with Crippen LogP contribution in [0.5, 0.6) is 0 Å². The predicted molar refractivity (Wildman–Crippen MR) is 42.7 cm³/mol. The largest absolute Gasteiger partial charge is 0.378 e. The van der Waals surface area contributed by atoms with Crippen LogP contribution in [-0.4, -0.2) is 11.2 Å². The lowest BCUT2D eigenvalue weighted by molar-refractivity contribution is 0.151. The molecule has 60 valence electrons. The lowest BCUT2D eigenvalue weighted by atomic mass is 9.87. The Morgan fingerprint density at radius 2 is 2.55 bits per heavy atom. The fourth-order valence-electron chi connectivity index (χ4n) is 1.38. The number of allylic oxidation sites excluding steroid dienone is 2. The summed E-state index contributed by atoms with van der Waals surface area (Å²) in [4.78, 5) is 0. The van der Waals surface area contributed by atoms with Crippen LogP contribution in [0.4, 0.5) is 0 Å². The number of aliphatic hydroxyl groups is 1. The maximum absolute atomic E-state index is 9.18. The molecule has 0 fully saturated rings. The van der Waals surface area contributed by atoms with Gasteiger partial charge >= 0.3 is 0 Å². The van der Waals surface area contributed by atoms with Crippen LogP contribution in [0.2, 0.25) is 0 Å². The first kappa shape index (κ1) is 8.29. The van der Waals surface area contributed by atoms with Gasteiger partial charge in [-0.3, -0.25) is 0 Å². The first-order valence-electron chi connectivity index (χ1n) is 3.97. The van der Waals surface area contributed by atoms with E-state index in [9.17, 15) is 5.11 Å². The van der Waals surface area contributed by atoms with Gasteiger partial charge in [-0.15, -0.1) is 0 Å². The van der Waals surface area contributed by atoms with Crippen molar-refractivity contribution in [2.45, 2.75) is 32.3 Å². The molecule has 1 aliphatic rings. The van der Waals surface area contributed by atoms with Crippen LogP contribution in [0.3, 0.4) is 0 Å². The summed E-state index contributed by atoms with van der Waals surface area (Å²) in [5, 5.41) is 17.6. The lowest BCUT2D eigenvalue weighted by Crippen LogP contribution is -2.19. The Balaban J connectivity index is 2.48. The third kappa shape index (κ3) is 2.06. The van der Waals surface area contributed by atoms with Gasteiger partial charge in [0.25, 0.3) is 0 Å². The van der Waals surface area contributed by atoms with Gasteiger partial charge in [0.1, 0.15) is 6.10 Å². The van der Waals surface area contributed by atoms with Crippen molar-refractivity contribution in [1.29, 1.82) is 5.26 Å². The van der Waals surface area contributed by atoms with Crippen LogP contribution >= 0.6 is 0 Å². The lowest BCUT2D eigenvalue weighted by Gasteiger charge is -2.20. The highest BCUT2D eigenvalue weighted by Crippen LogP contribution is 2.25. The summed E-state index contributed by atoms with van der Waals surface area (Å²) in [6.45, 7) is 2.09. The monoisotopic (exact) mass is 151 g/mol. The van der Waals surface area contributed by atoms with Gasteiger partial charge in [0, 0.05) is 5.92 Å². The number of hydrogen-bond acceptors (Lipinski definition) is 2. The smallest absolute Gasteiger partial charge is 0.143 e. The molecule has 0 radical (unpaired) electrons. The van der Waals surface area contributed by atoms with Crippen LogP contribution in [0.1, 0.15) is 26.2 Å². The fraction of sp³-hybridized carbons (Fsp3) is 0.667. The van der Waals surface area contributed by atoms with Crippen molar-refractivity contribution in [3.63, 3.8) is 0 Å². The molecule has 1 aliphatic carbocycles. The standard InChI is InChI=1S/C9H13NO/c1-7-2-4-8(5-3-7)9(11)6-10/h2,8-9,11H,3-5H2,1H3. The molecule has 0 saturated carbocycles. The average Bonchev–Trinajstić information content (AvgIpc) is 2.05. The molecule has 1 N–H and O–H groups in total. The molecule has 2 nitrogen and oxygen atoms in total. The van der Waals surface area contributed by atoms with Gasteiger partial charge < -0.3 is 5.11 Å². The maximum atomic E-state index is 9.18. The zero-order valence-electron chi connectivity index (χ0n) is 6.75. The van der Waals surface area contributed by atoms with Crippen molar-refractivity contribution in [3.05, 3.63) is 11.6 Å². The molecule has 0 amide bonds. The summed E-state index contributed by atoms with van der Waals surface area (Å²) in [5.41, 5.74) is 1.38. The number of aliphatic hydroxyl groups excluding tert-OH is 1. The van der Waals surface area contributed by atoms with E-state index in [-0.39, 0.29) is 5.92 Å². The van der Waals surface area contributed by atoms with Crippen LogP contribution in [0.25, 0.3) is 0 Å². The molecule has 0 aromatic carbocycles. The van der Waals surface area contributed by atoms with E-state index in [1.807, 2.05) is 6.07 Å². The van der Waals surface area contributed by atoms with E-state index in [2.05, 4.69) is 13.0 Å². The Labute approximate surface area is 67.2 Å². The van der Waals surface area contributed by atoms with Crippen molar-refractivity contribution >= 4 is 0 Å². The number of hydrogen-bond donors (Lipinski definition) is 1. The van der Waals surface area contributed by atoms with Crippen LogP contribution < -0.4 is 0 Å². The van der Waals surface area contributed by atoms with Crippen molar-refractivity contribution in [3.8, 4) is 6.07 Å². The maximum Gasteiger partial charge on any atom is 0.143 e. The van der Waals surface area contributed by atoms with Crippen LogP contribution in [0, 0.1) is 17.2 Å². The number of nitriles is 1. The highest BCUT2D eigenvalue weighted by atomic mass is 16.3. The molecule has 0 bridgehead atoms. The Kier molecular flexibility index (Phi) is 2.67. The predicted octanol–water partition coefficient (Wildman–Crippen LogP) is 1.62. The van der Waals surface area contributed by atoms with Gasteiger partial charge in [-0.2, -0.15) is 5.26 Å². The van der Waals surface area contributed by atoms with E-state index in [1.165, 1.54) is 5.57 Å². The van der Waals surface area contributed by atoms with Crippen LogP contribution in [-0.2, 0) is 0 Å². The second kappa shape index (κ2) is 3.54. The highest BCUT2D eigenvalue weighted by Gasteiger charge is 2.19. The third-order valence-electron chi connectivity index (χ3n) is 2.26. The molecule has 0 heterocycles. The summed E-state index contributed by atoms with van der Waals surface area (Å²) >= 11 is 0. The van der Waals surface area contributed by atoms with Gasteiger partial charge in [0.15, 0.2) is 0 Å². The number of rotatable bonds is 1. The van der Waals surface area contributed by atoms with Gasteiger partial charge in [0.2, 0.25) is 0 Å². The zero-order valence-corrected chi connectivity index (χ0v) is 6.75. The third-order valence-corrected chi connectivity index (χ3v) is 2.26. The SMILES string of the molecule is CC1=CCC(C(O)C#N)CC1. The normalized spacial score (nSPS) is 27.0. The molecule has 0 saturated heterocycles. The second-order valence-corrected chi connectivity index (χ2v) is 3.16. The quantitative estimate of drug-likeness (QED) is 0.457. The first-order chi connectivity index (χ1) is 5.24. The Morgan fingerprint density at radius 3 is 3.00 bits per heavy atom. The van der Waals surface area contributed by atoms with E-state index >= 15 is 0 Å². The summed E-state index contributed by atoms with van der Waals surface area (Å²) in [7, 11) is 0. The van der Waals surface area contributed by atoms with Crippen molar-refractivity contribution in [2.75, 3.05) is 0 Å². The molecular formula is C9H13NO. The van der Waals surface area contributed by atoms with Crippen molar-refractivity contribution in [1.82, 2.24) is 0 Å². The summed E-state index contributed by atoms with van der Waals surface area (Å²) < 4.78 is 0. The van der Waals surface area contributed by atoms with Crippen molar-refractivity contribution in [2.24, 2.45) is 5.92 Å². The minimum absolute atomic E-state index is 0.170. The van der Waals surface area contributed by atoms with E-state index in [1.54, 1.807) is 0 Å². The van der Waals surface area contributed by atoms with Gasteiger partial charge in [-0.25, -0.2) is 0 Å². The van der Waals surface area contributed by atoms with Gasteiger partial charge in [0.05, 0.1) is 6.07 Å². The molecule has 11 heavy (non-hydrogen) atoms. The number of nitrogens with zero attached hydrogens (tertiary/aromatic N) is 1. The van der Waals surface area contributed by atoms with E-state index in [0.717, 1.165) is 19.3 Å². The van der Waals surface area contributed by atoms with E-state index < -0.39 is 6.10 Å². The van der Waals surface area contributed by atoms with E-state index in [0.29, 0.717) is 0 Å².